The van der Waals surface area contributed by atoms with E-state index in [4.69, 9.17) is 11.6 Å². The largest absolute Gasteiger partial charge is 0.388 e. The second-order valence-electron chi connectivity index (χ2n) is 6.97. The molecular weight excluding hydrogens is 395 g/mol. The molecule has 1 heterocycles. The minimum Gasteiger partial charge on any atom is -0.388 e. The average molecular weight is 415 g/mol. The molecule has 0 bridgehead atoms. The van der Waals surface area contributed by atoms with E-state index in [0.717, 1.165) is 11.1 Å². The molecule has 1 aliphatic carbocycles. The van der Waals surface area contributed by atoms with E-state index < -0.39 is 11.9 Å². The molecule has 0 unspecified atom stereocenters. The molecule has 2 atom stereocenters. The molecule has 1 aromatic heterocycles. The molecule has 0 radical (unpaired) electrons. The van der Waals surface area contributed by atoms with Crippen molar-refractivity contribution in [3.05, 3.63) is 70.3 Å². The van der Waals surface area contributed by atoms with Crippen LogP contribution in [0.5, 0.6) is 0 Å². The van der Waals surface area contributed by atoms with E-state index in [1.165, 1.54) is 12.1 Å². The maximum Gasteiger partial charge on any atom is 0.228 e. The van der Waals surface area contributed by atoms with Crippen LogP contribution in [-0.2, 0) is 17.8 Å². The molecule has 1 aliphatic rings. The monoisotopic (exact) mass is 414 g/mol. The van der Waals surface area contributed by atoms with E-state index in [1.807, 2.05) is 31.2 Å². The lowest BCUT2D eigenvalue weighted by Crippen LogP contribution is -2.29. The quantitative estimate of drug-likeness (QED) is 0.668. The number of aryl methyl sites for hydroxylation is 1. The molecule has 0 spiro atoms. The Balaban J connectivity index is 1.51. The SMILES string of the molecule is CCn1nc(-c2ccc(Cl)c(F)c2)nc1CC(=O)N[C@H]1C[C@@H](O)c2ccccc21. The fraction of sp³-hybridized carbons (Fsp3) is 0.286. The lowest BCUT2D eigenvalue weighted by atomic mass is 10.1. The number of carbonyl (C=O) groups is 1. The van der Waals surface area contributed by atoms with Crippen molar-refractivity contribution in [3.63, 3.8) is 0 Å². The summed E-state index contributed by atoms with van der Waals surface area (Å²) in [6, 6.07) is 11.7. The Morgan fingerprint density at radius 3 is 2.79 bits per heavy atom. The third kappa shape index (κ3) is 3.88. The lowest BCUT2D eigenvalue weighted by molar-refractivity contribution is -0.121. The summed E-state index contributed by atoms with van der Waals surface area (Å²) in [5.74, 6) is 0.0682. The minimum atomic E-state index is -0.581. The molecular formula is C21H20ClFN4O2. The number of carbonyl (C=O) groups excluding carboxylic acids is 1. The summed E-state index contributed by atoms with van der Waals surface area (Å²) in [6.07, 6.45) is -0.103. The summed E-state index contributed by atoms with van der Waals surface area (Å²) in [5, 5.41) is 17.6. The highest BCUT2D eigenvalue weighted by Crippen LogP contribution is 2.38. The molecule has 1 amide bonds. The molecule has 0 fully saturated rings. The number of amides is 1. The van der Waals surface area contributed by atoms with Crippen LogP contribution >= 0.6 is 11.6 Å². The van der Waals surface area contributed by atoms with Gasteiger partial charge in [0.25, 0.3) is 0 Å². The standard InChI is InChI=1S/C21H20ClFN4O2/c1-2-27-19(25-21(26-27)12-7-8-15(22)16(23)9-12)11-20(29)24-17-10-18(28)14-6-4-3-5-13(14)17/h3-9,17-18,28H,2,10-11H2,1H3,(H,24,29)/t17-,18+/m0/s1. The first-order valence-corrected chi connectivity index (χ1v) is 9.79. The number of fused-ring (bicyclic) bond motifs is 1. The van der Waals surface area contributed by atoms with E-state index in [9.17, 15) is 14.3 Å². The molecule has 29 heavy (non-hydrogen) atoms. The first-order valence-electron chi connectivity index (χ1n) is 9.41. The number of halogens is 2. The highest BCUT2D eigenvalue weighted by atomic mass is 35.5. The van der Waals surface area contributed by atoms with Gasteiger partial charge in [0.05, 0.1) is 23.6 Å². The summed E-state index contributed by atoms with van der Waals surface area (Å²) in [6.45, 7) is 2.42. The maximum atomic E-state index is 13.8. The molecule has 4 rings (SSSR count). The maximum absolute atomic E-state index is 13.8. The second-order valence-corrected chi connectivity index (χ2v) is 7.38. The second kappa shape index (κ2) is 7.93. The topological polar surface area (TPSA) is 80.0 Å². The van der Waals surface area contributed by atoms with Crippen LogP contribution in [0.15, 0.2) is 42.5 Å². The first-order chi connectivity index (χ1) is 14.0. The molecule has 2 N–H and O–H groups in total. The Kier molecular flexibility index (Phi) is 5.34. The number of nitrogens with one attached hydrogen (secondary N) is 1. The van der Waals surface area contributed by atoms with Crippen LogP contribution in [0.25, 0.3) is 11.4 Å². The minimum absolute atomic E-state index is 0.0299. The summed E-state index contributed by atoms with van der Waals surface area (Å²) in [4.78, 5) is 17.1. The zero-order valence-corrected chi connectivity index (χ0v) is 16.5. The highest BCUT2D eigenvalue weighted by Gasteiger charge is 2.30. The van der Waals surface area contributed by atoms with Gasteiger partial charge in [0.15, 0.2) is 5.82 Å². The number of aliphatic hydroxyl groups is 1. The van der Waals surface area contributed by atoms with Gasteiger partial charge in [-0.3, -0.25) is 4.79 Å². The molecule has 3 aromatic rings. The van der Waals surface area contributed by atoms with Gasteiger partial charge in [-0.2, -0.15) is 5.10 Å². The first kappa shape index (κ1) is 19.5. The third-order valence-corrected chi connectivity index (χ3v) is 5.38. The van der Waals surface area contributed by atoms with E-state index in [0.29, 0.717) is 30.2 Å². The van der Waals surface area contributed by atoms with Crippen LogP contribution in [0, 0.1) is 5.82 Å². The van der Waals surface area contributed by atoms with Crippen molar-refractivity contribution >= 4 is 17.5 Å². The Hall–Kier alpha value is -2.77. The summed E-state index contributed by atoms with van der Waals surface area (Å²) < 4.78 is 15.4. The number of aliphatic hydroxyl groups excluding tert-OH is 1. The number of benzene rings is 2. The van der Waals surface area contributed by atoms with Crippen molar-refractivity contribution in [2.45, 2.75) is 38.5 Å². The number of hydrogen-bond acceptors (Lipinski definition) is 4. The number of nitrogens with zero attached hydrogens (tertiary/aromatic N) is 3. The van der Waals surface area contributed by atoms with Crippen molar-refractivity contribution < 1.29 is 14.3 Å². The average Bonchev–Trinajstić information content (AvgIpc) is 3.25. The summed E-state index contributed by atoms with van der Waals surface area (Å²) in [5.41, 5.74) is 2.28. The van der Waals surface area contributed by atoms with Crippen molar-refractivity contribution in [1.29, 1.82) is 0 Å². The van der Waals surface area contributed by atoms with Gasteiger partial charge in [0.2, 0.25) is 5.91 Å². The molecule has 8 heteroatoms. The van der Waals surface area contributed by atoms with E-state index in [2.05, 4.69) is 15.4 Å². The van der Waals surface area contributed by atoms with Gasteiger partial charge in [0, 0.05) is 18.5 Å². The Morgan fingerprint density at radius 2 is 2.07 bits per heavy atom. The molecule has 6 nitrogen and oxygen atoms in total. The third-order valence-electron chi connectivity index (χ3n) is 5.07. The fourth-order valence-corrected chi connectivity index (χ4v) is 3.77. The highest BCUT2D eigenvalue weighted by molar-refractivity contribution is 6.30. The lowest BCUT2D eigenvalue weighted by Gasteiger charge is -2.13. The smallest absolute Gasteiger partial charge is 0.228 e. The molecule has 0 saturated carbocycles. The Labute approximate surface area is 172 Å². The van der Waals surface area contributed by atoms with Crippen LogP contribution in [0.1, 0.15) is 42.4 Å². The van der Waals surface area contributed by atoms with Crippen LogP contribution in [0.4, 0.5) is 4.39 Å². The fourth-order valence-electron chi connectivity index (χ4n) is 3.65. The van der Waals surface area contributed by atoms with E-state index >= 15 is 0 Å². The number of rotatable bonds is 5. The molecule has 0 aliphatic heterocycles. The van der Waals surface area contributed by atoms with Gasteiger partial charge in [-0.15, -0.1) is 0 Å². The predicted octanol–water partition coefficient (Wildman–Crippen LogP) is 3.59. The zero-order valence-electron chi connectivity index (χ0n) is 15.8. The Bertz CT molecular complexity index is 1070. The van der Waals surface area contributed by atoms with E-state index in [-0.39, 0.29) is 23.4 Å². The predicted molar refractivity (Wildman–Crippen MR) is 107 cm³/mol. The van der Waals surface area contributed by atoms with Gasteiger partial charge in [-0.1, -0.05) is 35.9 Å². The molecule has 2 aromatic carbocycles. The van der Waals surface area contributed by atoms with Crippen LogP contribution in [0.2, 0.25) is 5.02 Å². The number of hydrogen-bond donors (Lipinski definition) is 2. The molecule has 150 valence electrons. The van der Waals surface area contributed by atoms with Crippen LogP contribution < -0.4 is 5.32 Å². The summed E-state index contributed by atoms with van der Waals surface area (Å²) >= 11 is 5.74. The van der Waals surface area contributed by atoms with Crippen molar-refractivity contribution in [1.82, 2.24) is 20.1 Å². The van der Waals surface area contributed by atoms with Crippen molar-refractivity contribution in [3.8, 4) is 11.4 Å². The van der Waals surface area contributed by atoms with Crippen molar-refractivity contribution in [2.75, 3.05) is 0 Å². The van der Waals surface area contributed by atoms with Gasteiger partial charge >= 0.3 is 0 Å². The van der Waals surface area contributed by atoms with Crippen molar-refractivity contribution in [2.24, 2.45) is 0 Å². The number of aromatic nitrogens is 3. The van der Waals surface area contributed by atoms with Gasteiger partial charge in [0.1, 0.15) is 11.6 Å². The normalized spacial score (nSPS) is 17.9. The van der Waals surface area contributed by atoms with Gasteiger partial charge in [-0.05, 0) is 36.2 Å². The van der Waals surface area contributed by atoms with Crippen LogP contribution in [-0.4, -0.2) is 25.8 Å². The van der Waals surface area contributed by atoms with Gasteiger partial charge < -0.3 is 10.4 Å². The van der Waals surface area contributed by atoms with E-state index in [1.54, 1.807) is 10.7 Å². The summed E-state index contributed by atoms with van der Waals surface area (Å²) in [7, 11) is 0. The van der Waals surface area contributed by atoms with Gasteiger partial charge in [-0.25, -0.2) is 14.1 Å². The van der Waals surface area contributed by atoms with Crippen LogP contribution in [0.3, 0.4) is 0 Å². The zero-order chi connectivity index (χ0) is 20.5. The Morgan fingerprint density at radius 1 is 1.31 bits per heavy atom. The molecule has 0 saturated heterocycles.